The lowest BCUT2D eigenvalue weighted by Gasteiger charge is -2.13. The van der Waals surface area contributed by atoms with Gasteiger partial charge in [-0.25, -0.2) is 9.78 Å². The van der Waals surface area contributed by atoms with Gasteiger partial charge in [-0.1, -0.05) is 31.0 Å². The highest BCUT2D eigenvalue weighted by atomic mass is 16.5. The van der Waals surface area contributed by atoms with Gasteiger partial charge in [-0.3, -0.25) is 0 Å². The summed E-state index contributed by atoms with van der Waals surface area (Å²) in [6, 6.07) is 9.11. The lowest BCUT2D eigenvalue weighted by atomic mass is 10.1. The molecule has 2 aromatic rings. The number of aromatic carboxylic acids is 1. The molecule has 4 heteroatoms. The van der Waals surface area contributed by atoms with Gasteiger partial charge in [0, 0.05) is 5.39 Å². The number of hydrogen-bond donors (Lipinski definition) is 1. The van der Waals surface area contributed by atoms with Crippen molar-refractivity contribution in [3.63, 3.8) is 0 Å². The van der Waals surface area contributed by atoms with Crippen molar-refractivity contribution < 1.29 is 14.6 Å². The fourth-order valence-electron chi connectivity index (χ4n) is 2.74. The van der Waals surface area contributed by atoms with Gasteiger partial charge in [0.1, 0.15) is 5.56 Å². The molecular weight excluding hydrogens is 254 g/mol. The molecule has 0 bridgehead atoms. The van der Waals surface area contributed by atoms with Crippen LogP contribution in [0.1, 0.15) is 36.0 Å². The highest BCUT2D eigenvalue weighted by Crippen LogP contribution is 2.27. The Balaban J connectivity index is 1.90. The second kappa shape index (κ2) is 5.49. The molecule has 1 heterocycles. The third-order valence-corrected chi connectivity index (χ3v) is 3.85. The Morgan fingerprint density at radius 3 is 2.80 bits per heavy atom. The van der Waals surface area contributed by atoms with E-state index in [-0.39, 0.29) is 11.4 Å². The molecule has 20 heavy (non-hydrogen) atoms. The van der Waals surface area contributed by atoms with Gasteiger partial charge in [-0.2, -0.15) is 0 Å². The standard InChI is InChI=1S/C16H17NO3/c18-16(19)13-9-12-7-3-4-8-14(12)17-15(13)20-10-11-5-1-2-6-11/h3-4,7-9,11H,1-2,5-6,10H2,(H,18,19). The summed E-state index contributed by atoms with van der Waals surface area (Å²) in [6.45, 7) is 0.561. The topological polar surface area (TPSA) is 59.4 Å². The largest absolute Gasteiger partial charge is 0.477 e. The fourth-order valence-corrected chi connectivity index (χ4v) is 2.74. The number of para-hydroxylation sites is 1. The Kier molecular flexibility index (Phi) is 3.54. The molecule has 0 spiro atoms. The van der Waals surface area contributed by atoms with Crippen LogP contribution in [-0.2, 0) is 0 Å². The average Bonchev–Trinajstić information content (AvgIpc) is 2.97. The molecule has 0 amide bonds. The number of carboxylic acid groups (broad SMARTS) is 1. The van der Waals surface area contributed by atoms with Crippen molar-refractivity contribution in [3.05, 3.63) is 35.9 Å². The van der Waals surface area contributed by atoms with Crippen molar-refractivity contribution in [2.45, 2.75) is 25.7 Å². The van der Waals surface area contributed by atoms with Gasteiger partial charge in [0.2, 0.25) is 5.88 Å². The quantitative estimate of drug-likeness (QED) is 0.924. The smallest absolute Gasteiger partial charge is 0.341 e. The SMILES string of the molecule is O=C(O)c1cc2ccccc2nc1OCC1CCCC1. The molecule has 1 N–H and O–H groups in total. The summed E-state index contributed by atoms with van der Waals surface area (Å²) in [5.74, 6) is -0.224. The Bertz CT molecular complexity index is 633. The number of ether oxygens (including phenoxy) is 1. The number of pyridine rings is 1. The van der Waals surface area contributed by atoms with Crippen LogP contribution >= 0.6 is 0 Å². The minimum Gasteiger partial charge on any atom is -0.477 e. The normalized spacial score (nSPS) is 15.6. The molecule has 1 aliphatic carbocycles. The molecule has 1 aromatic carbocycles. The maximum atomic E-state index is 11.3. The summed E-state index contributed by atoms with van der Waals surface area (Å²) in [7, 11) is 0. The molecule has 1 aromatic heterocycles. The summed E-state index contributed by atoms with van der Waals surface area (Å²) < 4.78 is 5.70. The molecule has 0 aliphatic heterocycles. The van der Waals surface area contributed by atoms with Crippen molar-refractivity contribution in [1.29, 1.82) is 0 Å². The van der Waals surface area contributed by atoms with E-state index in [1.165, 1.54) is 12.8 Å². The van der Waals surface area contributed by atoms with Crippen LogP contribution in [0, 0.1) is 5.92 Å². The van der Waals surface area contributed by atoms with Crippen molar-refractivity contribution in [3.8, 4) is 5.88 Å². The third-order valence-electron chi connectivity index (χ3n) is 3.85. The fraction of sp³-hybridized carbons (Fsp3) is 0.375. The molecule has 4 nitrogen and oxygen atoms in total. The van der Waals surface area contributed by atoms with E-state index in [4.69, 9.17) is 4.74 Å². The molecule has 0 saturated heterocycles. The molecule has 1 saturated carbocycles. The van der Waals surface area contributed by atoms with E-state index >= 15 is 0 Å². The molecule has 104 valence electrons. The summed E-state index contributed by atoms with van der Waals surface area (Å²) >= 11 is 0. The Hall–Kier alpha value is -2.10. The minimum absolute atomic E-state index is 0.140. The Morgan fingerprint density at radius 2 is 2.05 bits per heavy atom. The van der Waals surface area contributed by atoms with E-state index in [0.717, 1.165) is 23.7 Å². The zero-order chi connectivity index (χ0) is 13.9. The van der Waals surface area contributed by atoms with Gasteiger partial charge in [0.25, 0.3) is 0 Å². The number of benzene rings is 1. The van der Waals surface area contributed by atoms with Crippen molar-refractivity contribution >= 4 is 16.9 Å². The van der Waals surface area contributed by atoms with E-state index in [1.54, 1.807) is 6.07 Å². The Morgan fingerprint density at radius 1 is 1.30 bits per heavy atom. The van der Waals surface area contributed by atoms with Gasteiger partial charge in [-0.15, -0.1) is 0 Å². The van der Waals surface area contributed by atoms with Crippen molar-refractivity contribution in [1.82, 2.24) is 4.98 Å². The van der Waals surface area contributed by atoms with Crippen molar-refractivity contribution in [2.24, 2.45) is 5.92 Å². The number of carbonyl (C=O) groups is 1. The predicted octanol–water partition coefficient (Wildman–Crippen LogP) is 3.50. The van der Waals surface area contributed by atoms with Gasteiger partial charge < -0.3 is 9.84 Å². The second-order valence-corrected chi connectivity index (χ2v) is 5.30. The van der Waals surface area contributed by atoms with Crippen LogP contribution in [0.3, 0.4) is 0 Å². The zero-order valence-electron chi connectivity index (χ0n) is 11.2. The molecule has 0 atom stereocenters. The van der Waals surface area contributed by atoms with Crippen molar-refractivity contribution in [2.75, 3.05) is 6.61 Å². The highest BCUT2D eigenvalue weighted by molar-refractivity contribution is 5.95. The minimum atomic E-state index is -0.996. The first kappa shape index (κ1) is 12.9. The molecule has 3 rings (SSSR count). The summed E-state index contributed by atoms with van der Waals surface area (Å²) in [4.78, 5) is 15.7. The molecule has 1 aliphatic rings. The zero-order valence-corrected chi connectivity index (χ0v) is 11.2. The van der Waals surface area contributed by atoms with Crippen LogP contribution in [0.4, 0.5) is 0 Å². The first-order valence-corrected chi connectivity index (χ1v) is 7.00. The van der Waals surface area contributed by atoms with E-state index in [0.29, 0.717) is 12.5 Å². The van der Waals surface area contributed by atoms with Gasteiger partial charge in [-0.05, 0) is 30.9 Å². The summed E-state index contributed by atoms with van der Waals surface area (Å²) in [5.41, 5.74) is 0.903. The Labute approximate surface area is 117 Å². The van der Waals surface area contributed by atoms with E-state index < -0.39 is 5.97 Å². The molecule has 0 unspecified atom stereocenters. The number of nitrogens with zero attached hydrogens (tertiary/aromatic N) is 1. The molecule has 1 fully saturated rings. The maximum Gasteiger partial charge on any atom is 0.341 e. The highest BCUT2D eigenvalue weighted by Gasteiger charge is 2.19. The first-order valence-electron chi connectivity index (χ1n) is 7.00. The lowest BCUT2D eigenvalue weighted by Crippen LogP contribution is -2.12. The maximum absolute atomic E-state index is 11.3. The van der Waals surface area contributed by atoms with Crippen LogP contribution in [0.15, 0.2) is 30.3 Å². The van der Waals surface area contributed by atoms with Gasteiger partial charge in [0.05, 0.1) is 12.1 Å². The number of hydrogen-bond acceptors (Lipinski definition) is 3. The number of rotatable bonds is 4. The van der Waals surface area contributed by atoms with E-state index in [2.05, 4.69) is 4.98 Å². The van der Waals surface area contributed by atoms with Gasteiger partial charge >= 0.3 is 5.97 Å². The van der Waals surface area contributed by atoms with Crippen LogP contribution in [0.5, 0.6) is 5.88 Å². The molecular formula is C16H17NO3. The molecule has 0 radical (unpaired) electrons. The first-order chi connectivity index (χ1) is 9.74. The van der Waals surface area contributed by atoms with Gasteiger partial charge in [0.15, 0.2) is 0 Å². The number of fused-ring (bicyclic) bond motifs is 1. The summed E-state index contributed by atoms with van der Waals surface area (Å²) in [6.07, 6.45) is 4.81. The predicted molar refractivity (Wildman–Crippen MR) is 76.2 cm³/mol. The second-order valence-electron chi connectivity index (χ2n) is 5.30. The summed E-state index contributed by atoms with van der Waals surface area (Å²) in [5, 5.41) is 10.1. The third kappa shape index (κ3) is 2.59. The monoisotopic (exact) mass is 271 g/mol. The van der Waals surface area contributed by atoms with Crippen LogP contribution in [0.25, 0.3) is 10.9 Å². The van der Waals surface area contributed by atoms with Crippen LogP contribution in [-0.4, -0.2) is 22.7 Å². The number of aromatic nitrogens is 1. The van der Waals surface area contributed by atoms with Crippen LogP contribution < -0.4 is 4.74 Å². The lowest BCUT2D eigenvalue weighted by molar-refractivity contribution is 0.0690. The van der Waals surface area contributed by atoms with E-state index in [9.17, 15) is 9.90 Å². The number of carboxylic acids is 1. The van der Waals surface area contributed by atoms with E-state index in [1.807, 2.05) is 24.3 Å². The average molecular weight is 271 g/mol. The van der Waals surface area contributed by atoms with Crippen LogP contribution in [0.2, 0.25) is 0 Å².